The Morgan fingerprint density at radius 3 is 2.58 bits per heavy atom. The molecular weight excluding hydrogens is 158 g/mol. The molecule has 0 aromatic heterocycles. The third-order valence-electron chi connectivity index (χ3n) is 2.06. The second-order valence-corrected chi connectivity index (χ2v) is 3.04. The molecule has 0 saturated heterocycles. The van der Waals surface area contributed by atoms with E-state index in [1.54, 1.807) is 7.05 Å². The highest BCUT2D eigenvalue weighted by Crippen LogP contribution is 2.10. The Morgan fingerprint density at radius 1 is 1.67 bits per heavy atom. The van der Waals surface area contributed by atoms with Crippen LogP contribution in [-0.4, -0.2) is 37.4 Å². The molecule has 0 aliphatic carbocycles. The SMILES string of the molecule is CNC(C)(CO)CCC(=O)OC. The Hall–Kier alpha value is -0.610. The number of aliphatic hydroxyl groups is 1. The van der Waals surface area contributed by atoms with E-state index in [4.69, 9.17) is 5.11 Å². The van der Waals surface area contributed by atoms with E-state index in [1.165, 1.54) is 7.11 Å². The van der Waals surface area contributed by atoms with Crippen LogP contribution in [0.5, 0.6) is 0 Å². The number of aliphatic hydroxyl groups excluding tert-OH is 1. The molecule has 0 saturated carbocycles. The van der Waals surface area contributed by atoms with Crippen LogP contribution in [0.2, 0.25) is 0 Å². The number of hydrogen-bond acceptors (Lipinski definition) is 4. The van der Waals surface area contributed by atoms with Crippen molar-refractivity contribution in [2.45, 2.75) is 25.3 Å². The van der Waals surface area contributed by atoms with Gasteiger partial charge in [0, 0.05) is 12.0 Å². The molecule has 0 spiro atoms. The minimum atomic E-state index is -0.381. The second-order valence-electron chi connectivity index (χ2n) is 3.04. The highest BCUT2D eigenvalue weighted by Gasteiger charge is 2.21. The van der Waals surface area contributed by atoms with Crippen molar-refractivity contribution in [1.82, 2.24) is 5.32 Å². The maximum atomic E-state index is 10.8. The Bertz CT molecular complexity index is 143. The van der Waals surface area contributed by atoms with Crippen molar-refractivity contribution in [3.05, 3.63) is 0 Å². The first-order valence-electron chi connectivity index (χ1n) is 3.94. The molecule has 72 valence electrons. The van der Waals surface area contributed by atoms with Crippen molar-refractivity contribution >= 4 is 5.97 Å². The normalized spacial score (nSPS) is 15.3. The standard InChI is InChI=1S/C8H17NO3/c1-8(6-10,9-2)5-4-7(11)12-3/h9-10H,4-6H2,1-3H3. The molecule has 4 nitrogen and oxygen atoms in total. The molecule has 2 N–H and O–H groups in total. The third-order valence-corrected chi connectivity index (χ3v) is 2.06. The van der Waals surface area contributed by atoms with Gasteiger partial charge < -0.3 is 15.2 Å². The quantitative estimate of drug-likeness (QED) is 0.573. The van der Waals surface area contributed by atoms with Gasteiger partial charge in [0.15, 0.2) is 0 Å². The monoisotopic (exact) mass is 175 g/mol. The van der Waals surface area contributed by atoms with E-state index < -0.39 is 0 Å². The van der Waals surface area contributed by atoms with Gasteiger partial charge in [0.1, 0.15) is 0 Å². The molecule has 1 unspecified atom stereocenters. The van der Waals surface area contributed by atoms with E-state index in [0.29, 0.717) is 12.8 Å². The number of ether oxygens (including phenoxy) is 1. The van der Waals surface area contributed by atoms with Crippen LogP contribution in [0.15, 0.2) is 0 Å². The number of nitrogens with one attached hydrogen (secondary N) is 1. The topological polar surface area (TPSA) is 58.6 Å². The van der Waals surface area contributed by atoms with E-state index in [0.717, 1.165) is 0 Å². The lowest BCUT2D eigenvalue weighted by Crippen LogP contribution is -2.43. The van der Waals surface area contributed by atoms with Gasteiger partial charge in [0.2, 0.25) is 0 Å². The van der Waals surface area contributed by atoms with E-state index in [2.05, 4.69) is 10.1 Å². The van der Waals surface area contributed by atoms with Crippen LogP contribution in [0, 0.1) is 0 Å². The van der Waals surface area contributed by atoms with Gasteiger partial charge in [-0.1, -0.05) is 0 Å². The van der Waals surface area contributed by atoms with Gasteiger partial charge in [-0.3, -0.25) is 4.79 Å². The summed E-state index contributed by atoms with van der Waals surface area (Å²) in [5.41, 5.74) is -0.381. The Labute approximate surface area is 72.9 Å². The van der Waals surface area contributed by atoms with Gasteiger partial charge in [-0.25, -0.2) is 0 Å². The molecule has 0 aliphatic rings. The number of carbonyl (C=O) groups is 1. The first-order chi connectivity index (χ1) is 5.58. The summed E-state index contributed by atoms with van der Waals surface area (Å²) in [6, 6.07) is 0. The van der Waals surface area contributed by atoms with Crippen LogP contribution in [0.25, 0.3) is 0 Å². The first kappa shape index (κ1) is 11.4. The fourth-order valence-corrected chi connectivity index (χ4v) is 0.763. The van der Waals surface area contributed by atoms with Crippen molar-refractivity contribution in [3.8, 4) is 0 Å². The Balaban J connectivity index is 3.80. The molecular formula is C8H17NO3. The molecule has 0 radical (unpaired) electrons. The van der Waals surface area contributed by atoms with Crippen molar-refractivity contribution in [2.75, 3.05) is 20.8 Å². The molecule has 0 amide bonds. The lowest BCUT2D eigenvalue weighted by atomic mass is 9.97. The third kappa shape index (κ3) is 3.69. The number of likely N-dealkylation sites (N-methyl/N-ethyl adjacent to an activating group) is 1. The van der Waals surface area contributed by atoms with Crippen LogP contribution in [0.4, 0.5) is 0 Å². The zero-order valence-electron chi connectivity index (χ0n) is 7.89. The molecule has 0 aliphatic heterocycles. The van der Waals surface area contributed by atoms with Gasteiger partial charge in [-0.15, -0.1) is 0 Å². The lowest BCUT2D eigenvalue weighted by Gasteiger charge is -2.25. The number of rotatable bonds is 5. The van der Waals surface area contributed by atoms with Crippen molar-refractivity contribution in [1.29, 1.82) is 0 Å². The van der Waals surface area contributed by atoms with E-state index in [1.807, 2.05) is 6.92 Å². The summed E-state index contributed by atoms with van der Waals surface area (Å²) < 4.78 is 4.49. The summed E-state index contributed by atoms with van der Waals surface area (Å²) in [6.07, 6.45) is 0.904. The lowest BCUT2D eigenvalue weighted by molar-refractivity contribution is -0.141. The molecule has 0 aromatic rings. The summed E-state index contributed by atoms with van der Waals surface area (Å²) in [7, 11) is 3.12. The molecule has 1 atom stereocenters. The van der Waals surface area contributed by atoms with Gasteiger partial charge in [-0.05, 0) is 20.4 Å². The van der Waals surface area contributed by atoms with Crippen molar-refractivity contribution in [3.63, 3.8) is 0 Å². The van der Waals surface area contributed by atoms with E-state index in [-0.39, 0.29) is 18.1 Å². The van der Waals surface area contributed by atoms with Crippen LogP contribution in [-0.2, 0) is 9.53 Å². The maximum absolute atomic E-state index is 10.8. The van der Waals surface area contributed by atoms with Gasteiger partial charge in [0.05, 0.1) is 13.7 Å². The number of carbonyl (C=O) groups excluding carboxylic acids is 1. The van der Waals surface area contributed by atoms with Crippen LogP contribution < -0.4 is 5.32 Å². The van der Waals surface area contributed by atoms with Crippen molar-refractivity contribution in [2.24, 2.45) is 0 Å². The fraction of sp³-hybridized carbons (Fsp3) is 0.875. The van der Waals surface area contributed by atoms with Gasteiger partial charge >= 0.3 is 5.97 Å². The highest BCUT2D eigenvalue weighted by molar-refractivity contribution is 5.69. The molecule has 0 aromatic carbocycles. The predicted molar refractivity (Wildman–Crippen MR) is 45.8 cm³/mol. The molecule has 0 bridgehead atoms. The second kappa shape index (κ2) is 5.11. The van der Waals surface area contributed by atoms with E-state index in [9.17, 15) is 4.79 Å². The smallest absolute Gasteiger partial charge is 0.305 e. The number of hydrogen-bond donors (Lipinski definition) is 2. The van der Waals surface area contributed by atoms with Gasteiger partial charge in [0.25, 0.3) is 0 Å². The Morgan fingerprint density at radius 2 is 2.25 bits per heavy atom. The van der Waals surface area contributed by atoms with Gasteiger partial charge in [-0.2, -0.15) is 0 Å². The minimum Gasteiger partial charge on any atom is -0.469 e. The van der Waals surface area contributed by atoms with E-state index >= 15 is 0 Å². The average molecular weight is 175 g/mol. The van der Waals surface area contributed by atoms with Crippen LogP contribution in [0.1, 0.15) is 19.8 Å². The zero-order valence-corrected chi connectivity index (χ0v) is 7.89. The average Bonchev–Trinajstić information content (AvgIpc) is 2.13. The summed E-state index contributed by atoms with van der Waals surface area (Å²) in [6.45, 7) is 1.87. The molecule has 12 heavy (non-hydrogen) atoms. The summed E-state index contributed by atoms with van der Waals surface area (Å²) >= 11 is 0. The number of esters is 1. The summed E-state index contributed by atoms with van der Waals surface area (Å²) in [5, 5.41) is 11.9. The highest BCUT2D eigenvalue weighted by atomic mass is 16.5. The first-order valence-corrected chi connectivity index (χ1v) is 3.94. The molecule has 4 heteroatoms. The van der Waals surface area contributed by atoms with Crippen LogP contribution in [0.3, 0.4) is 0 Å². The number of methoxy groups -OCH3 is 1. The predicted octanol–water partition coefficient (Wildman–Crippen LogP) is -0.0900. The Kier molecular flexibility index (Phi) is 4.85. The van der Waals surface area contributed by atoms with Crippen LogP contribution >= 0.6 is 0 Å². The summed E-state index contributed by atoms with van der Waals surface area (Å²) in [5.74, 6) is -0.245. The zero-order chi connectivity index (χ0) is 9.61. The van der Waals surface area contributed by atoms with Crippen molar-refractivity contribution < 1.29 is 14.6 Å². The molecule has 0 rings (SSSR count). The largest absolute Gasteiger partial charge is 0.469 e. The minimum absolute atomic E-state index is 0.0144. The molecule has 0 heterocycles. The molecule has 0 fully saturated rings. The summed E-state index contributed by atoms with van der Waals surface area (Å²) in [4.78, 5) is 10.8. The maximum Gasteiger partial charge on any atom is 0.305 e. The fourth-order valence-electron chi connectivity index (χ4n) is 0.763.